The lowest BCUT2D eigenvalue weighted by molar-refractivity contribution is -0.153. The van der Waals surface area contributed by atoms with Gasteiger partial charge in [-0.25, -0.2) is 9.59 Å². The summed E-state index contributed by atoms with van der Waals surface area (Å²) in [4.78, 5) is 27.9. The topological polar surface area (TPSA) is 59.1 Å². The van der Waals surface area contributed by atoms with E-state index in [0.717, 1.165) is 32.5 Å². The van der Waals surface area contributed by atoms with Crippen LogP contribution < -0.4 is 0 Å². The summed E-state index contributed by atoms with van der Waals surface area (Å²) in [6.07, 6.45) is 1.74. The highest BCUT2D eigenvalue weighted by Crippen LogP contribution is 2.22. The van der Waals surface area contributed by atoms with Gasteiger partial charge in [0.05, 0.1) is 7.11 Å². The Morgan fingerprint density at radius 2 is 1.96 bits per heavy atom. The number of methoxy groups -OCH3 is 1. The number of esters is 1. The van der Waals surface area contributed by atoms with Crippen LogP contribution in [0.2, 0.25) is 0 Å². The third-order valence-electron chi connectivity index (χ3n) is 4.69. The lowest BCUT2D eigenvalue weighted by atomic mass is 10.2. The van der Waals surface area contributed by atoms with Gasteiger partial charge in [0, 0.05) is 26.2 Å². The molecule has 0 spiro atoms. The van der Waals surface area contributed by atoms with Gasteiger partial charge in [-0.15, -0.1) is 0 Å². The molecular formula is C18H24N2O4. The van der Waals surface area contributed by atoms with E-state index in [9.17, 15) is 9.59 Å². The number of nitrogens with zero attached hydrogens (tertiary/aromatic N) is 2. The molecule has 1 aromatic carbocycles. The van der Waals surface area contributed by atoms with Crippen molar-refractivity contribution in [2.75, 3.05) is 26.7 Å². The van der Waals surface area contributed by atoms with Crippen LogP contribution in [0.15, 0.2) is 30.3 Å². The van der Waals surface area contributed by atoms with Crippen molar-refractivity contribution in [3.63, 3.8) is 0 Å². The third kappa shape index (κ3) is 3.87. The van der Waals surface area contributed by atoms with E-state index >= 15 is 0 Å². The first kappa shape index (κ1) is 16.8. The van der Waals surface area contributed by atoms with Crippen LogP contribution >= 0.6 is 0 Å². The molecule has 6 heteroatoms. The predicted molar refractivity (Wildman–Crippen MR) is 88.3 cm³/mol. The van der Waals surface area contributed by atoms with Crippen LogP contribution in [-0.4, -0.2) is 60.8 Å². The summed E-state index contributed by atoms with van der Waals surface area (Å²) in [5.41, 5.74) is 1.26. The van der Waals surface area contributed by atoms with Crippen molar-refractivity contribution < 1.29 is 19.1 Å². The second-order valence-corrected chi connectivity index (χ2v) is 6.39. The average molecular weight is 332 g/mol. The lowest BCUT2D eigenvalue weighted by Gasteiger charge is -2.23. The average Bonchev–Trinajstić information content (AvgIpc) is 3.24. The Kier molecular flexibility index (Phi) is 5.35. The highest BCUT2D eigenvalue weighted by atomic mass is 16.6. The SMILES string of the molecule is COC(=O)N1CCCC1C(=O)O[C@@H]1CCN(Cc2ccccc2)C1. The van der Waals surface area contributed by atoms with Gasteiger partial charge in [0.2, 0.25) is 0 Å². The van der Waals surface area contributed by atoms with Crippen LogP contribution in [0, 0.1) is 0 Å². The van der Waals surface area contributed by atoms with Crippen molar-refractivity contribution in [3.8, 4) is 0 Å². The highest BCUT2D eigenvalue weighted by Gasteiger charge is 2.37. The molecule has 1 amide bonds. The fraction of sp³-hybridized carbons (Fsp3) is 0.556. The molecule has 24 heavy (non-hydrogen) atoms. The number of ether oxygens (including phenoxy) is 2. The Morgan fingerprint density at radius 1 is 1.17 bits per heavy atom. The molecule has 1 aromatic rings. The van der Waals surface area contributed by atoms with E-state index < -0.39 is 12.1 Å². The predicted octanol–water partition coefficient (Wildman–Crippen LogP) is 2.03. The summed E-state index contributed by atoms with van der Waals surface area (Å²) in [6.45, 7) is 3.08. The number of carbonyl (C=O) groups excluding carboxylic acids is 2. The first-order valence-electron chi connectivity index (χ1n) is 8.48. The van der Waals surface area contributed by atoms with Gasteiger partial charge in [-0.3, -0.25) is 9.80 Å². The summed E-state index contributed by atoms with van der Waals surface area (Å²) in [7, 11) is 1.33. The number of benzene rings is 1. The summed E-state index contributed by atoms with van der Waals surface area (Å²) < 4.78 is 10.4. The minimum absolute atomic E-state index is 0.0960. The van der Waals surface area contributed by atoms with E-state index in [4.69, 9.17) is 9.47 Å². The normalized spacial score (nSPS) is 24.1. The molecule has 2 heterocycles. The zero-order valence-corrected chi connectivity index (χ0v) is 14.0. The first-order chi connectivity index (χ1) is 11.7. The maximum Gasteiger partial charge on any atom is 0.410 e. The quantitative estimate of drug-likeness (QED) is 0.790. The molecule has 6 nitrogen and oxygen atoms in total. The van der Waals surface area contributed by atoms with Crippen LogP contribution in [0.3, 0.4) is 0 Å². The summed E-state index contributed by atoms with van der Waals surface area (Å²) in [6, 6.07) is 9.78. The molecule has 1 unspecified atom stereocenters. The molecule has 0 aliphatic carbocycles. The zero-order valence-electron chi connectivity index (χ0n) is 14.0. The van der Waals surface area contributed by atoms with Gasteiger partial charge >= 0.3 is 12.1 Å². The van der Waals surface area contributed by atoms with Crippen molar-refractivity contribution in [3.05, 3.63) is 35.9 Å². The molecule has 0 bridgehead atoms. The Labute approximate surface area is 142 Å². The fourth-order valence-electron chi connectivity index (χ4n) is 3.47. The molecule has 2 aliphatic heterocycles. The minimum Gasteiger partial charge on any atom is -0.459 e. The molecule has 2 aliphatic rings. The first-order valence-corrected chi connectivity index (χ1v) is 8.48. The number of hydrogen-bond donors (Lipinski definition) is 0. The van der Waals surface area contributed by atoms with E-state index in [-0.39, 0.29) is 12.1 Å². The van der Waals surface area contributed by atoms with Crippen molar-refractivity contribution in [1.82, 2.24) is 9.80 Å². The number of carbonyl (C=O) groups is 2. The van der Waals surface area contributed by atoms with Gasteiger partial charge in [-0.2, -0.15) is 0 Å². The molecule has 0 radical (unpaired) electrons. The van der Waals surface area contributed by atoms with Gasteiger partial charge in [-0.05, 0) is 24.8 Å². The van der Waals surface area contributed by atoms with Crippen LogP contribution in [0.4, 0.5) is 4.79 Å². The molecule has 0 saturated carbocycles. The second kappa shape index (κ2) is 7.66. The molecule has 2 saturated heterocycles. The van der Waals surface area contributed by atoms with Crippen LogP contribution in [0.5, 0.6) is 0 Å². The van der Waals surface area contributed by atoms with Gasteiger partial charge in [0.1, 0.15) is 12.1 Å². The number of likely N-dealkylation sites (tertiary alicyclic amines) is 2. The maximum absolute atomic E-state index is 12.4. The third-order valence-corrected chi connectivity index (χ3v) is 4.69. The van der Waals surface area contributed by atoms with Crippen molar-refractivity contribution in [2.45, 2.75) is 38.0 Å². The molecule has 2 fully saturated rings. The van der Waals surface area contributed by atoms with E-state index in [0.29, 0.717) is 13.0 Å². The monoisotopic (exact) mass is 332 g/mol. The molecular weight excluding hydrogens is 308 g/mol. The number of rotatable bonds is 4. The fourth-order valence-corrected chi connectivity index (χ4v) is 3.47. The maximum atomic E-state index is 12.4. The summed E-state index contributed by atoms with van der Waals surface area (Å²) in [5.74, 6) is -0.301. The summed E-state index contributed by atoms with van der Waals surface area (Å²) in [5, 5.41) is 0. The standard InChI is InChI=1S/C18H24N2O4/c1-23-18(22)20-10-5-8-16(20)17(21)24-15-9-11-19(13-15)12-14-6-3-2-4-7-14/h2-4,6-7,15-16H,5,8-13H2,1H3/t15-,16?/m1/s1. The molecule has 130 valence electrons. The van der Waals surface area contributed by atoms with Crippen LogP contribution in [0.25, 0.3) is 0 Å². The van der Waals surface area contributed by atoms with Gasteiger partial charge in [0.15, 0.2) is 0 Å². The van der Waals surface area contributed by atoms with Gasteiger partial charge < -0.3 is 9.47 Å². The van der Waals surface area contributed by atoms with Crippen molar-refractivity contribution in [2.24, 2.45) is 0 Å². The van der Waals surface area contributed by atoms with Crippen LogP contribution in [-0.2, 0) is 20.8 Å². The Morgan fingerprint density at radius 3 is 2.71 bits per heavy atom. The van der Waals surface area contributed by atoms with E-state index in [1.54, 1.807) is 0 Å². The molecule has 2 atom stereocenters. The van der Waals surface area contributed by atoms with E-state index in [2.05, 4.69) is 17.0 Å². The molecule has 0 N–H and O–H groups in total. The lowest BCUT2D eigenvalue weighted by Crippen LogP contribution is -2.42. The number of amides is 1. The van der Waals surface area contributed by atoms with Gasteiger partial charge in [-0.1, -0.05) is 30.3 Å². The summed E-state index contributed by atoms with van der Waals surface area (Å²) >= 11 is 0. The van der Waals surface area contributed by atoms with Crippen molar-refractivity contribution >= 4 is 12.1 Å². The smallest absolute Gasteiger partial charge is 0.410 e. The van der Waals surface area contributed by atoms with E-state index in [1.807, 2.05) is 18.2 Å². The van der Waals surface area contributed by atoms with E-state index in [1.165, 1.54) is 17.6 Å². The van der Waals surface area contributed by atoms with Crippen molar-refractivity contribution in [1.29, 1.82) is 0 Å². The second-order valence-electron chi connectivity index (χ2n) is 6.39. The van der Waals surface area contributed by atoms with Gasteiger partial charge in [0.25, 0.3) is 0 Å². The largest absolute Gasteiger partial charge is 0.459 e. The Hall–Kier alpha value is -2.08. The molecule has 0 aromatic heterocycles. The molecule has 3 rings (SSSR count). The van der Waals surface area contributed by atoms with Crippen LogP contribution in [0.1, 0.15) is 24.8 Å². The highest BCUT2D eigenvalue weighted by molar-refractivity contribution is 5.82. The Bertz CT molecular complexity index is 578. The minimum atomic E-state index is -0.499. The zero-order chi connectivity index (χ0) is 16.9. The number of hydrogen-bond acceptors (Lipinski definition) is 5. The Balaban J connectivity index is 1.50.